The van der Waals surface area contributed by atoms with Crippen molar-refractivity contribution in [2.24, 2.45) is 40.4 Å². The van der Waals surface area contributed by atoms with Crippen molar-refractivity contribution < 1.29 is 27.8 Å². The first-order chi connectivity index (χ1) is 13.9. The van der Waals surface area contributed by atoms with Gasteiger partial charge in [-0.05, 0) is 99.2 Å². The number of rotatable bonds is 4. The van der Waals surface area contributed by atoms with Crippen LogP contribution in [-0.2, 0) is 9.53 Å². The summed E-state index contributed by atoms with van der Waals surface area (Å²) in [4.78, 5) is 12.3. The standard InChI is InChI=1S/C24H37F3O3/c1-15(28)18-6-7-19-17-5-4-16-12-23(29,13-30-14-24(25,26)27)11-10-21(16,2)20(17)8-9-22(18,19)3/h16-20,29H,4-14H2,1-3H3/t16?,17-,18+,19-,20-,21-,22+,23?/m0/s1. The van der Waals surface area contributed by atoms with Gasteiger partial charge >= 0.3 is 6.18 Å². The molecule has 1 N–H and O–H groups in total. The van der Waals surface area contributed by atoms with E-state index in [0.717, 1.165) is 44.9 Å². The van der Waals surface area contributed by atoms with Gasteiger partial charge in [-0.25, -0.2) is 0 Å². The number of hydrogen-bond acceptors (Lipinski definition) is 3. The van der Waals surface area contributed by atoms with Crippen molar-refractivity contribution >= 4 is 5.78 Å². The van der Waals surface area contributed by atoms with Gasteiger partial charge in [0, 0.05) is 5.92 Å². The number of carbonyl (C=O) groups excluding carboxylic acids is 1. The summed E-state index contributed by atoms with van der Waals surface area (Å²) in [5.74, 6) is 2.74. The Morgan fingerprint density at radius 2 is 1.70 bits per heavy atom. The van der Waals surface area contributed by atoms with Crippen molar-refractivity contribution in [1.29, 1.82) is 0 Å². The van der Waals surface area contributed by atoms with Gasteiger partial charge in [0.15, 0.2) is 0 Å². The molecule has 0 aromatic heterocycles. The highest BCUT2D eigenvalue weighted by Crippen LogP contribution is 2.68. The van der Waals surface area contributed by atoms with Crippen LogP contribution in [0.5, 0.6) is 0 Å². The van der Waals surface area contributed by atoms with Crippen molar-refractivity contribution in [3.63, 3.8) is 0 Å². The molecule has 0 radical (unpaired) electrons. The number of hydrogen-bond donors (Lipinski definition) is 1. The third-order valence-corrected chi connectivity index (χ3v) is 9.95. The van der Waals surface area contributed by atoms with Crippen LogP contribution in [-0.4, -0.2) is 35.9 Å². The summed E-state index contributed by atoms with van der Waals surface area (Å²) in [7, 11) is 0. The van der Waals surface area contributed by atoms with Gasteiger partial charge in [-0.2, -0.15) is 13.2 Å². The van der Waals surface area contributed by atoms with Gasteiger partial charge in [-0.3, -0.25) is 4.79 Å². The molecule has 0 aliphatic heterocycles. The largest absolute Gasteiger partial charge is 0.411 e. The third-order valence-electron chi connectivity index (χ3n) is 9.95. The Labute approximate surface area is 178 Å². The molecule has 4 fully saturated rings. The second kappa shape index (κ2) is 7.47. The van der Waals surface area contributed by atoms with Gasteiger partial charge in [0.2, 0.25) is 0 Å². The smallest absolute Gasteiger partial charge is 0.387 e. The molecular formula is C24H37F3O3. The predicted octanol–water partition coefficient (Wildman–Crippen LogP) is 5.54. The van der Waals surface area contributed by atoms with E-state index in [1.54, 1.807) is 6.92 Å². The molecule has 0 bridgehead atoms. The Morgan fingerprint density at radius 3 is 2.37 bits per heavy atom. The number of halogens is 3. The minimum Gasteiger partial charge on any atom is -0.387 e. The molecule has 6 heteroatoms. The van der Waals surface area contributed by atoms with Crippen LogP contribution in [0.15, 0.2) is 0 Å². The van der Waals surface area contributed by atoms with Crippen LogP contribution < -0.4 is 0 Å². The van der Waals surface area contributed by atoms with E-state index < -0.39 is 18.4 Å². The lowest BCUT2D eigenvalue weighted by atomic mass is 9.44. The Kier molecular flexibility index (Phi) is 5.62. The highest BCUT2D eigenvalue weighted by atomic mass is 19.4. The molecule has 0 aromatic rings. The minimum absolute atomic E-state index is 0.134. The maximum absolute atomic E-state index is 12.4. The third kappa shape index (κ3) is 3.74. The first-order valence-electron chi connectivity index (χ1n) is 11.8. The predicted molar refractivity (Wildman–Crippen MR) is 108 cm³/mol. The van der Waals surface area contributed by atoms with Crippen LogP contribution in [0.25, 0.3) is 0 Å². The molecule has 8 atom stereocenters. The quantitative estimate of drug-likeness (QED) is 0.637. The molecule has 0 amide bonds. The highest BCUT2D eigenvalue weighted by Gasteiger charge is 2.61. The maximum atomic E-state index is 12.4. The van der Waals surface area contributed by atoms with Gasteiger partial charge in [0.1, 0.15) is 12.4 Å². The molecule has 4 aliphatic rings. The molecule has 172 valence electrons. The van der Waals surface area contributed by atoms with E-state index in [0.29, 0.717) is 42.3 Å². The number of Topliss-reactive ketones (excluding diaryl/α,β-unsaturated/α-hetero) is 1. The van der Waals surface area contributed by atoms with E-state index in [1.807, 2.05) is 0 Å². The van der Waals surface area contributed by atoms with Gasteiger partial charge in [-0.15, -0.1) is 0 Å². The fourth-order valence-corrected chi connectivity index (χ4v) is 8.48. The Bertz CT molecular complexity index is 679. The fourth-order valence-electron chi connectivity index (χ4n) is 8.48. The van der Waals surface area contributed by atoms with Crippen LogP contribution in [0, 0.1) is 40.4 Å². The van der Waals surface area contributed by atoms with Crippen molar-refractivity contribution in [1.82, 2.24) is 0 Å². The minimum atomic E-state index is -4.36. The normalized spacial score (nSPS) is 48.6. The van der Waals surface area contributed by atoms with E-state index >= 15 is 0 Å². The second-order valence-corrected chi connectivity index (χ2v) is 11.5. The van der Waals surface area contributed by atoms with Crippen LogP contribution in [0.2, 0.25) is 0 Å². The molecule has 30 heavy (non-hydrogen) atoms. The van der Waals surface area contributed by atoms with Crippen molar-refractivity contribution in [3.05, 3.63) is 0 Å². The topological polar surface area (TPSA) is 46.5 Å². The summed E-state index contributed by atoms with van der Waals surface area (Å²) >= 11 is 0. The molecule has 3 nitrogen and oxygen atoms in total. The van der Waals surface area contributed by atoms with Gasteiger partial charge in [-0.1, -0.05) is 13.8 Å². The zero-order valence-electron chi connectivity index (χ0n) is 18.6. The lowest BCUT2D eigenvalue weighted by Crippen LogP contribution is -2.57. The number of ether oxygens (including phenoxy) is 1. The maximum Gasteiger partial charge on any atom is 0.411 e. The average molecular weight is 431 g/mol. The summed E-state index contributed by atoms with van der Waals surface area (Å²) in [6.07, 6.45) is 4.11. The van der Waals surface area contributed by atoms with E-state index in [9.17, 15) is 23.1 Å². The Morgan fingerprint density at radius 1 is 1.00 bits per heavy atom. The number of carbonyl (C=O) groups is 1. The SMILES string of the molecule is CC(=O)[C@H]1CC[C@H]2[C@@H]3CCC4CC(O)(COCC(F)(F)F)CC[C@]4(C)[C@H]3CC[C@]12C. The lowest BCUT2D eigenvalue weighted by molar-refractivity contribution is -0.202. The van der Waals surface area contributed by atoms with E-state index in [1.165, 1.54) is 0 Å². The Balaban J connectivity index is 1.46. The van der Waals surface area contributed by atoms with Crippen LogP contribution in [0.3, 0.4) is 0 Å². The molecule has 4 saturated carbocycles. The summed E-state index contributed by atoms with van der Waals surface area (Å²) in [5, 5.41) is 11.0. The van der Waals surface area contributed by atoms with Crippen molar-refractivity contribution in [2.75, 3.05) is 13.2 Å². The van der Waals surface area contributed by atoms with Crippen molar-refractivity contribution in [2.45, 2.75) is 90.3 Å². The lowest BCUT2D eigenvalue weighted by Gasteiger charge is -2.62. The zero-order chi connectivity index (χ0) is 21.9. The molecule has 4 aliphatic carbocycles. The average Bonchev–Trinajstić information content (AvgIpc) is 2.99. The summed E-state index contributed by atoms with van der Waals surface area (Å²) in [6, 6.07) is 0. The second-order valence-electron chi connectivity index (χ2n) is 11.5. The van der Waals surface area contributed by atoms with E-state index in [2.05, 4.69) is 13.8 Å². The van der Waals surface area contributed by atoms with E-state index in [4.69, 9.17) is 4.74 Å². The molecule has 0 spiro atoms. The highest BCUT2D eigenvalue weighted by molar-refractivity contribution is 5.79. The molecule has 0 heterocycles. The zero-order valence-corrected chi connectivity index (χ0v) is 18.6. The van der Waals surface area contributed by atoms with Crippen LogP contribution in [0.4, 0.5) is 13.2 Å². The fraction of sp³-hybridized carbons (Fsp3) is 0.958. The first kappa shape index (κ1) is 22.6. The van der Waals surface area contributed by atoms with Gasteiger partial charge in [0.25, 0.3) is 0 Å². The van der Waals surface area contributed by atoms with Crippen LogP contribution >= 0.6 is 0 Å². The number of aliphatic hydroxyl groups is 1. The monoisotopic (exact) mass is 430 g/mol. The Hall–Kier alpha value is -0.620. The molecule has 4 rings (SSSR count). The molecular weight excluding hydrogens is 393 g/mol. The summed E-state index contributed by atoms with van der Waals surface area (Å²) < 4.78 is 42.2. The van der Waals surface area contributed by atoms with E-state index in [-0.39, 0.29) is 23.4 Å². The molecule has 2 unspecified atom stereocenters. The molecule has 0 saturated heterocycles. The van der Waals surface area contributed by atoms with Gasteiger partial charge < -0.3 is 9.84 Å². The summed E-state index contributed by atoms with van der Waals surface area (Å²) in [5.41, 5.74) is -0.871. The molecule has 0 aromatic carbocycles. The summed E-state index contributed by atoms with van der Waals surface area (Å²) in [6.45, 7) is 4.95. The number of alkyl halides is 3. The van der Waals surface area contributed by atoms with Crippen molar-refractivity contribution in [3.8, 4) is 0 Å². The number of fused-ring (bicyclic) bond motifs is 5. The number of ketones is 1. The van der Waals surface area contributed by atoms with Gasteiger partial charge in [0.05, 0.1) is 12.2 Å². The first-order valence-corrected chi connectivity index (χ1v) is 11.8. The van der Waals surface area contributed by atoms with Crippen LogP contribution in [0.1, 0.15) is 78.6 Å².